The normalized spacial score (nSPS) is 14.1. The first-order valence-electron chi connectivity index (χ1n) is 5.56. The van der Waals surface area contributed by atoms with E-state index in [4.69, 9.17) is 0 Å². The summed E-state index contributed by atoms with van der Waals surface area (Å²) < 4.78 is 0. The largest absolute Gasteiger partial charge is 0.508 e. The number of phenols is 1. The van der Waals surface area contributed by atoms with Crippen molar-refractivity contribution in [2.75, 3.05) is 25.0 Å². The average molecular weight is 232 g/mol. The van der Waals surface area contributed by atoms with E-state index in [9.17, 15) is 9.90 Å². The van der Waals surface area contributed by atoms with Gasteiger partial charge in [0.25, 0.3) is 5.91 Å². The van der Waals surface area contributed by atoms with Gasteiger partial charge in [-0.15, -0.1) is 0 Å². The van der Waals surface area contributed by atoms with Gasteiger partial charge in [0.1, 0.15) is 5.75 Å². The molecule has 4 heteroatoms. The van der Waals surface area contributed by atoms with E-state index < -0.39 is 0 Å². The highest BCUT2D eigenvalue weighted by atomic mass is 16.3. The Morgan fingerprint density at radius 3 is 2.35 bits per heavy atom. The molecule has 17 heavy (non-hydrogen) atoms. The van der Waals surface area contributed by atoms with Crippen molar-refractivity contribution in [1.29, 1.82) is 0 Å². The van der Waals surface area contributed by atoms with Crippen molar-refractivity contribution < 1.29 is 9.90 Å². The fourth-order valence-corrected chi connectivity index (χ4v) is 1.71. The fraction of sp³-hybridized carbons (Fsp3) is 0.308. The number of anilines is 1. The van der Waals surface area contributed by atoms with E-state index in [1.807, 2.05) is 6.92 Å². The van der Waals surface area contributed by atoms with E-state index in [-0.39, 0.29) is 11.7 Å². The average Bonchev–Trinajstić information content (AvgIpc) is 2.25. The molecule has 0 aromatic heterocycles. The number of benzene rings is 1. The zero-order valence-electron chi connectivity index (χ0n) is 10.0. The summed E-state index contributed by atoms with van der Waals surface area (Å²) in [5, 5.41) is 12.3. The second-order valence-electron chi connectivity index (χ2n) is 4.21. The molecule has 2 N–H and O–H groups in total. The number of carbonyl (C=O) groups is 1. The van der Waals surface area contributed by atoms with Crippen molar-refractivity contribution in [2.24, 2.45) is 0 Å². The van der Waals surface area contributed by atoms with Crippen LogP contribution >= 0.6 is 0 Å². The summed E-state index contributed by atoms with van der Waals surface area (Å²) in [4.78, 5) is 13.7. The lowest BCUT2D eigenvalue weighted by Gasteiger charge is -2.24. The quantitative estimate of drug-likeness (QED) is 0.755. The van der Waals surface area contributed by atoms with Gasteiger partial charge >= 0.3 is 0 Å². The number of hydrogen-bond donors (Lipinski definition) is 2. The highest BCUT2D eigenvalue weighted by molar-refractivity contribution is 6.05. The molecule has 0 aliphatic carbocycles. The van der Waals surface area contributed by atoms with Crippen molar-refractivity contribution in [3.05, 3.63) is 35.4 Å². The highest BCUT2D eigenvalue weighted by Gasteiger charge is 2.19. The van der Waals surface area contributed by atoms with Crippen LogP contribution in [0.25, 0.3) is 0 Å². The van der Waals surface area contributed by atoms with Crippen LogP contribution in [0.1, 0.15) is 6.92 Å². The Morgan fingerprint density at radius 2 is 1.88 bits per heavy atom. The number of hydrogen-bond acceptors (Lipinski definition) is 3. The van der Waals surface area contributed by atoms with Crippen molar-refractivity contribution in [1.82, 2.24) is 5.32 Å². The maximum absolute atomic E-state index is 12.1. The molecule has 1 aliphatic heterocycles. The van der Waals surface area contributed by atoms with Gasteiger partial charge in [0.05, 0.1) is 0 Å². The molecule has 4 nitrogen and oxygen atoms in total. The van der Waals surface area contributed by atoms with Crippen LogP contribution in [0, 0.1) is 0 Å². The Morgan fingerprint density at radius 1 is 1.29 bits per heavy atom. The van der Waals surface area contributed by atoms with Crippen molar-refractivity contribution >= 4 is 11.6 Å². The second kappa shape index (κ2) is 4.59. The van der Waals surface area contributed by atoms with Crippen LogP contribution in [-0.4, -0.2) is 31.2 Å². The number of nitrogens with zero attached hydrogens (tertiary/aromatic N) is 1. The predicted octanol–water partition coefficient (Wildman–Crippen LogP) is 1.27. The molecule has 2 rings (SSSR count). The van der Waals surface area contributed by atoms with Gasteiger partial charge in [0, 0.05) is 31.4 Å². The fourth-order valence-electron chi connectivity index (χ4n) is 1.71. The summed E-state index contributed by atoms with van der Waals surface area (Å²) in [6.07, 6.45) is 0. The summed E-state index contributed by atoms with van der Waals surface area (Å²) in [5.41, 5.74) is 2.75. The molecule has 1 aromatic carbocycles. The first-order valence-corrected chi connectivity index (χ1v) is 5.56. The Bertz CT molecular complexity index is 457. The van der Waals surface area contributed by atoms with Crippen molar-refractivity contribution in [3.63, 3.8) is 0 Å². The number of phenolic OH excluding ortho intramolecular Hbond substituents is 1. The SMILES string of the molecule is CC(C(=O)N(C)c1ccc(O)cc1)=C1CNC1. The minimum absolute atomic E-state index is 0.00666. The van der Waals surface area contributed by atoms with E-state index in [0.29, 0.717) is 0 Å². The first-order chi connectivity index (χ1) is 8.09. The standard InChI is InChI=1S/C13H16N2O2/c1-9(10-7-14-8-10)13(17)15(2)11-3-5-12(16)6-4-11/h3-6,14,16H,7-8H2,1-2H3. The monoisotopic (exact) mass is 232 g/mol. The van der Waals surface area contributed by atoms with Crippen LogP contribution in [0.15, 0.2) is 35.4 Å². The zero-order valence-corrected chi connectivity index (χ0v) is 10.0. The third-order valence-corrected chi connectivity index (χ3v) is 3.07. The van der Waals surface area contributed by atoms with Crippen LogP contribution in [0.2, 0.25) is 0 Å². The maximum Gasteiger partial charge on any atom is 0.253 e. The number of carbonyl (C=O) groups excluding carboxylic acids is 1. The number of amides is 1. The molecular weight excluding hydrogens is 216 g/mol. The summed E-state index contributed by atoms with van der Waals surface area (Å²) in [5.74, 6) is 0.208. The van der Waals surface area contributed by atoms with Gasteiger partial charge in [-0.25, -0.2) is 0 Å². The maximum atomic E-state index is 12.1. The number of aromatic hydroxyl groups is 1. The smallest absolute Gasteiger partial charge is 0.253 e. The van der Waals surface area contributed by atoms with E-state index in [1.165, 1.54) is 5.57 Å². The lowest BCUT2D eigenvalue weighted by molar-refractivity contribution is -0.114. The van der Waals surface area contributed by atoms with E-state index in [2.05, 4.69) is 5.32 Å². The molecule has 0 bridgehead atoms. The molecule has 0 unspecified atom stereocenters. The summed E-state index contributed by atoms with van der Waals surface area (Å²) in [6, 6.07) is 6.60. The molecule has 1 heterocycles. The Labute approximate surface area is 101 Å². The summed E-state index contributed by atoms with van der Waals surface area (Å²) in [6.45, 7) is 3.47. The number of likely N-dealkylation sites (N-methyl/N-ethyl adjacent to an activating group) is 1. The predicted molar refractivity (Wildman–Crippen MR) is 67.1 cm³/mol. The summed E-state index contributed by atoms with van der Waals surface area (Å²) in [7, 11) is 1.74. The van der Waals surface area contributed by atoms with Crippen molar-refractivity contribution in [3.8, 4) is 5.75 Å². The minimum atomic E-state index is 0.00666. The molecular formula is C13H16N2O2. The van der Waals surface area contributed by atoms with E-state index in [0.717, 1.165) is 24.4 Å². The highest BCUT2D eigenvalue weighted by Crippen LogP contribution is 2.20. The topological polar surface area (TPSA) is 52.6 Å². The minimum Gasteiger partial charge on any atom is -0.508 e. The van der Waals surface area contributed by atoms with Crippen LogP contribution in [0.5, 0.6) is 5.75 Å². The van der Waals surface area contributed by atoms with Crippen LogP contribution in [-0.2, 0) is 4.79 Å². The molecule has 1 fully saturated rings. The second-order valence-corrected chi connectivity index (χ2v) is 4.21. The number of rotatable bonds is 2. The summed E-state index contributed by atoms with van der Waals surface area (Å²) >= 11 is 0. The molecule has 0 atom stereocenters. The third kappa shape index (κ3) is 2.31. The lowest BCUT2D eigenvalue weighted by Crippen LogP contribution is -2.38. The van der Waals surface area contributed by atoms with Crippen molar-refractivity contribution in [2.45, 2.75) is 6.92 Å². The third-order valence-electron chi connectivity index (χ3n) is 3.07. The molecule has 0 spiro atoms. The van der Waals surface area contributed by atoms with Gasteiger partial charge in [0.15, 0.2) is 0 Å². The van der Waals surface area contributed by atoms with Crippen LogP contribution in [0.4, 0.5) is 5.69 Å². The lowest BCUT2D eigenvalue weighted by atomic mass is 10.0. The first kappa shape index (κ1) is 11.7. The molecule has 1 aromatic rings. The van der Waals surface area contributed by atoms with Gasteiger partial charge in [-0.1, -0.05) is 0 Å². The van der Waals surface area contributed by atoms with Gasteiger partial charge in [-0.3, -0.25) is 4.79 Å². The molecule has 0 saturated carbocycles. The van der Waals surface area contributed by atoms with Crippen LogP contribution in [0.3, 0.4) is 0 Å². The molecule has 90 valence electrons. The Kier molecular flexibility index (Phi) is 3.15. The van der Waals surface area contributed by atoms with E-state index in [1.54, 1.807) is 36.2 Å². The zero-order chi connectivity index (χ0) is 12.4. The Hall–Kier alpha value is -1.81. The molecule has 1 aliphatic rings. The van der Waals surface area contributed by atoms with Gasteiger partial charge in [0.2, 0.25) is 0 Å². The van der Waals surface area contributed by atoms with Crippen LogP contribution < -0.4 is 10.2 Å². The molecule has 1 amide bonds. The molecule has 1 saturated heterocycles. The van der Waals surface area contributed by atoms with Gasteiger partial charge < -0.3 is 15.3 Å². The van der Waals surface area contributed by atoms with Gasteiger partial charge in [-0.05, 0) is 36.8 Å². The van der Waals surface area contributed by atoms with E-state index >= 15 is 0 Å². The molecule has 0 radical (unpaired) electrons. The number of nitrogens with one attached hydrogen (secondary N) is 1. The van der Waals surface area contributed by atoms with Gasteiger partial charge in [-0.2, -0.15) is 0 Å². The Balaban J connectivity index is 2.17.